The number of aliphatic carboxylic acids is 1. The van der Waals surface area contributed by atoms with Crippen molar-refractivity contribution in [3.05, 3.63) is 23.1 Å². The van der Waals surface area contributed by atoms with Gasteiger partial charge in [-0.15, -0.1) is 23.1 Å². The predicted octanol–water partition coefficient (Wildman–Crippen LogP) is 0.854. The van der Waals surface area contributed by atoms with Crippen molar-refractivity contribution in [3.63, 3.8) is 0 Å². The summed E-state index contributed by atoms with van der Waals surface area (Å²) in [5.74, 6) is -1.22. The Hall–Kier alpha value is -1.88. The molecular formula is C16H18N4O4S2. The molecule has 0 spiro atoms. The molecule has 2 aliphatic rings. The number of aliphatic hydroxyl groups excluding tert-OH is 1. The van der Waals surface area contributed by atoms with Crippen LogP contribution in [0.25, 0.3) is 10.4 Å². The molecule has 0 unspecified atom stereocenters. The van der Waals surface area contributed by atoms with Crippen LogP contribution in [-0.4, -0.2) is 60.8 Å². The summed E-state index contributed by atoms with van der Waals surface area (Å²) in [6.45, 7) is 2.12. The van der Waals surface area contributed by atoms with Crippen LogP contribution in [-0.2, 0) is 9.59 Å². The van der Waals surface area contributed by atoms with Gasteiger partial charge in [-0.25, -0.2) is 9.78 Å². The zero-order chi connectivity index (χ0) is 18.6. The molecule has 2 aromatic rings. The second-order valence-corrected chi connectivity index (χ2v) is 8.49. The zero-order valence-corrected chi connectivity index (χ0v) is 15.6. The van der Waals surface area contributed by atoms with Crippen LogP contribution >= 0.6 is 23.1 Å². The minimum atomic E-state index is -1.12. The molecule has 2 aromatic heterocycles. The van der Waals surface area contributed by atoms with Crippen LogP contribution in [0.1, 0.15) is 18.2 Å². The lowest BCUT2D eigenvalue weighted by atomic mass is 9.83. The van der Waals surface area contributed by atoms with Crippen molar-refractivity contribution in [3.8, 4) is 0 Å². The summed E-state index contributed by atoms with van der Waals surface area (Å²) in [7, 11) is 0. The smallest absolute Gasteiger partial charge is 0.352 e. The molecule has 0 radical (unpaired) electrons. The average molecular weight is 394 g/mol. The molecule has 4 rings (SSSR count). The standard InChI is InChI=1S/C16H18N4O4S2/c1-7(21)11-9-4-8(12(16(23)24)20(9)14(11)22)10-5-19-6-18-13(15(19)26-10)25-3-2-17/h5-7,9,11,21H,2-4,17H2,1H3,(H,23,24)/t7-,9-,11-/m1/s1. The zero-order valence-electron chi connectivity index (χ0n) is 14.0. The van der Waals surface area contributed by atoms with E-state index < -0.39 is 18.0 Å². The summed E-state index contributed by atoms with van der Waals surface area (Å²) in [5.41, 5.74) is 6.22. The lowest BCUT2D eigenvalue weighted by molar-refractivity contribution is -0.161. The molecule has 1 fully saturated rings. The van der Waals surface area contributed by atoms with Crippen molar-refractivity contribution in [2.24, 2.45) is 11.7 Å². The van der Waals surface area contributed by atoms with Gasteiger partial charge in [0.2, 0.25) is 5.91 Å². The lowest BCUT2D eigenvalue weighted by Gasteiger charge is -2.44. The fourth-order valence-electron chi connectivity index (χ4n) is 3.66. The van der Waals surface area contributed by atoms with Crippen molar-refractivity contribution in [1.29, 1.82) is 0 Å². The predicted molar refractivity (Wildman–Crippen MR) is 97.8 cm³/mol. The molecule has 26 heavy (non-hydrogen) atoms. The lowest BCUT2D eigenvalue weighted by Crippen LogP contribution is -2.61. The van der Waals surface area contributed by atoms with Gasteiger partial charge in [0.05, 0.1) is 22.9 Å². The number of carbonyl (C=O) groups is 2. The molecule has 0 saturated carbocycles. The first-order chi connectivity index (χ1) is 12.4. The number of rotatable bonds is 6. The number of hydrogen-bond donors (Lipinski definition) is 3. The number of thiazole rings is 1. The summed E-state index contributed by atoms with van der Waals surface area (Å²) < 4.78 is 1.87. The van der Waals surface area contributed by atoms with Gasteiger partial charge in [-0.3, -0.25) is 9.20 Å². The molecule has 0 aromatic carbocycles. The highest BCUT2D eigenvalue weighted by Crippen LogP contribution is 2.48. The normalized spacial score (nSPS) is 23.5. The average Bonchev–Trinajstić information content (AvgIpc) is 3.22. The van der Waals surface area contributed by atoms with Gasteiger partial charge in [0, 0.05) is 24.1 Å². The number of aliphatic hydroxyl groups is 1. The summed E-state index contributed by atoms with van der Waals surface area (Å²) in [4.78, 5) is 31.5. The van der Waals surface area contributed by atoms with E-state index in [1.54, 1.807) is 25.0 Å². The largest absolute Gasteiger partial charge is 0.477 e. The molecular weight excluding hydrogens is 376 g/mol. The number of nitrogens with two attached hydrogens (primary N) is 1. The Balaban J connectivity index is 1.73. The van der Waals surface area contributed by atoms with Crippen LogP contribution in [0.15, 0.2) is 23.2 Å². The molecule has 8 nitrogen and oxygen atoms in total. The van der Waals surface area contributed by atoms with Gasteiger partial charge >= 0.3 is 5.97 Å². The van der Waals surface area contributed by atoms with Crippen LogP contribution in [0.4, 0.5) is 0 Å². The first-order valence-electron chi connectivity index (χ1n) is 8.21. The SMILES string of the molecule is C[C@@H](O)[C@H]1C(=O)N2C(C(=O)O)=C(c3cn4cnc(SCCN)c4s3)C[C@H]12. The topological polar surface area (TPSA) is 121 Å². The summed E-state index contributed by atoms with van der Waals surface area (Å²) in [6, 6.07) is -0.283. The van der Waals surface area contributed by atoms with E-state index in [9.17, 15) is 19.8 Å². The van der Waals surface area contributed by atoms with Gasteiger partial charge in [-0.2, -0.15) is 0 Å². The molecule has 10 heteroatoms. The molecule has 2 aliphatic heterocycles. The number of fused-ring (bicyclic) bond motifs is 2. The molecule has 0 aliphatic carbocycles. The summed E-state index contributed by atoms with van der Waals surface area (Å²) in [5, 5.41) is 20.4. The summed E-state index contributed by atoms with van der Waals surface area (Å²) >= 11 is 3.02. The maximum Gasteiger partial charge on any atom is 0.352 e. The van der Waals surface area contributed by atoms with Gasteiger partial charge in [0.1, 0.15) is 21.9 Å². The quantitative estimate of drug-likeness (QED) is 0.491. The number of aromatic nitrogens is 2. The van der Waals surface area contributed by atoms with Gasteiger partial charge in [-0.05, 0) is 13.3 Å². The third-order valence-electron chi connectivity index (χ3n) is 4.76. The van der Waals surface area contributed by atoms with Crippen molar-refractivity contribution < 1.29 is 19.8 Å². The van der Waals surface area contributed by atoms with Crippen LogP contribution < -0.4 is 5.73 Å². The molecule has 3 atom stereocenters. The number of carboxylic acids is 1. The number of imidazole rings is 1. The fraction of sp³-hybridized carbons (Fsp3) is 0.438. The fourth-order valence-corrected chi connectivity index (χ4v) is 5.65. The van der Waals surface area contributed by atoms with Crippen molar-refractivity contribution >= 4 is 45.4 Å². The Morgan fingerprint density at radius 3 is 3.00 bits per heavy atom. The number of amides is 1. The van der Waals surface area contributed by atoms with E-state index in [0.29, 0.717) is 18.5 Å². The Bertz CT molecular complexity index is 932. The third-order valence-corrected chi connectivity index (χ3v) is 7.08. The number of thioether (sulfide) groups is 1. The maximum atomic E-state index is 12.3. The maximum absolute atomic E-state index is 12.3. The highest BCUT2D eigenvalue weighted by molar-refractivity contribution is 7.99. The highest BCUT2D eigenvalue weighted by atomic mass is 32.2. The van der Waals surface area contributed by atoms with E-state index in [4.69, 9.17) is 5.73 Å². The van der Waals surface area contributed by atoms with E-state index in [1.807, 2.05) is 10.6 Å². The van der Waals surface area contributed by atoms with Crippen LogP contribution in [0, 0.1) is 5.92 Å². The first kappa shape index (κ1) is 17.5. The number of carbonyl (C=O) groups excluding carboxylic acids is 1. The number of nitrogens with zero attached hydrogens (tertiary/aromatic N) is 3. The summed E-state index contributed by atoms with van der Waals surface area (Å²) in [6.07, 6.45) is 3.19. The molecule has 138 valence electrons. The van der Waals surface area contributed by atoms with Crippen molar-refractivity contribution in [2.45, 2.75) is 30.5 Å². The minimum Gasteiger partial charge on any atom is -0.477 e. The Morgan fingerprint density at radius 1 is 1.58 bits per heavy atom. The number of hydrogen-bond acceptors (Lipinski definition) is 7. The van der Waals surface area contributed by atoms with E-state index in [1.165, 1.54) is 16.2 Å². The number of β-lactam (4-membered cyclic amide) rings is 1. The monoisotopic (exact) mass is 394 g/mol. The highest BCUT2D eigenvalue weighted by Gasteiger charge is 2.56. The van der Waals surface area contributed by atoms with E-state index >= 15 is 0 Å². The van der Waals surface area contributed by atoms with Crippen molar-refractivity contribution in [1.82, 2.24) is 14.3 Å². The molecule has 1 saturated heterocycles. The van der Waals surface area contributed by atoms with E-state index in [2.05, 4.69) is 4.98 Å². The minimum absolute atomic E-state index is 0.0329. The van der Waals surface area contributed by atoms with E-state index in [0.717, 1.165) is 20.5 Å². The second kappa shape index (κ2) is 6.38. The van der Waals surface area contributed by atoms with Gasteiger partial charge < -0.3 is 20.8 Å². The molecule has 4 N–H and O–H groups in total. The van der Waals surface area contributed by atoms with Crippen LogP contribution in [0.5, 0.6) is 0 Å². The molecule has 4 heterocycles. The first-order valence-corrected chi connectivity index (χ1v) is 10.0. The van der Waals surface area contributed by atoms with E-state index in [-0.39, 0.29) is 17.6 Å². The van der Waals surface area contributed by atoms with Gasteiger partial charge in [0.25, 0.3) is 0 Å². The van der Waals surface area contributed by atoms with Crippen LogP contribution in [0.3, 0.4) is 0 Å². The second-order valence-electron chi connectivity index (χ2n) is 6.37. The van der Waals surface area contributed by atoms with Crippen molar-refractivity contribution in [2.75, 3.05) is 12.3 Å². The Morgan fingerprint density at radius 2 is 2.35 bits per heavy atom. The third kappa shape index (κ3) is 2.48. The van der Waals surface area contributed by atoms with Gasteiger partial charge in [0.15, 0.2) is 0 Å². The molecule has 0 bridgehead atoms. The molecule has 1 amide bonds. The Kier molecular flexibility index (Phi) is 4.30. The number of carboxylic acid groups (broad SMARTS) is 1. The Labute approximate surface area is 157 Å². The van der Waals surface area contributed by atoms with Crippen LogP contribution in [0.2, 0.25) is 0 Å². The van der Waals surface area contributed by atoms with Gasteiger partial charge in [-0.1, -0.05) is 0 Å².